The summed E-state index contributed by atoms with van der Waals surface area (Å²) in [5.74, 6) is -0.406. The molecule has 23 heavy (non-hydrogen) atoms. The number of aromatic nitrogens is 2. The third kappa shape index (κ3) is 2.95. The van der Waals surface area contributed by atoms with Crippen molar-refractivity contribution in [2.24, 2.45) is 0 Å². The van der Waals surface area contributed by atoms with Gasteiger partial charge in [-0.15, -0.1) is 0 Å². The Bertz CT molecular complexity index is 840. The summed E-state index contributed by atoms with van der Waals surface area (Å²) >= 11 is 0. The zero-order valence-electron chi connectivity index (χ0n) is 13.1. The number of hydrogen-bond acceptors (Lipinski definition) is 2. The molecule has 0 bridgehead atoms. The molecule has 2 N–H and O–H groups in total. The normalized spacial score (nSPS) is 11.6. The largest absolute Gasteiger partial charge is 0.361 e. The number of amides is 1. The standard InChI is InChI=1S/C18H18FN3O/c1-18(2,17(23)22-10-13-5-3-4-8-20-13)15-11-21-16-9-12(19)6-7-14(15)16/h3-9,11,21H,10H2,1-2H3,(H,22,23). The molecule has 118 valence electrons. The minimum atomic E-state index is -0.745. The highest BCUT2D eigenvalue weighted by molar-refractivity contribution is 5.94. The van der Waals surface area contributed by atoms with E-state index < -0.39 is 5.41 Å². The van der Waals surface area contributed by atoms with Crippen LogP contribution in [0, 0.1) is 5.82 Å². The Balaban J connectivity index is 1.83. The number of hydrogen-bond donors (Lipinski definition) is 2. The van der Waals surface area contributed by atoms with E-state index in [1.165, 1.54) is 12.1 Å². The highest BCUT2D eigenvalue weighted by Gasteiger charge is 2.32. The second-order valence-electron chi connectivity index (χ2n) is 6.02. The molecule has 0 aliphatic rings. The smallest absolute Gasteiger partial charge is 0.230 e. The van der Waals surface area contributed by atoms with Gasteiger partial charge in [0.2, 0.25) is 5.91 Å². The summed E-state index contributed by atoms with van der Waals surface area (Å²) in [5, 5.41) is 3.77. The second-order valence-corrected chi connectivity index (χ2v) is 6.02. The predicted molar refractivity (Wildman–Crippen MR) is 87.4 cm³/mol. The van der Waals surface area contributed by atoms with Gasteiger partial charge in [-0.3, -0.25) is 9.78 Å². The molecule has 2 aromatic heterocycles. The SMILES string of the molecule is CC(C)(C(=O)NCc1ccccn1)c1c[nH]c2cc(F)ccc12. The van der Waals surface area contributed by atoms with Crippen molar-refractivity contribution in [3.05, 3.63) is 65.9 Å². The number of nitrogens with one attached hydrogen (secondary N) is 2. The van der Waals surface area contributed by atoms with Crippen LogP contribution in [-0.4, -0.2) is 15.9 Å². The molecule has 0 aliphatic carbocycles. The summed E-state index contributed by atoms with van der Waals surface area (Å²) in [6.45, 7) is 4.08. The molecular formula is C18H18FN3O. The van der Waals surface area contributed by atoms with Gasteiger partial charge in [0.05, 0.1) is 17.7 Å². The van der Waals surface area contributed by atoms with Gasteiger partial charge in [0, 0.05) is 23.3 Å². The first-order valence-corrected chi connectivity index (χ1v) is 7.44. The zero-order valence-corrected chi connectivity index (χ0v) is 13.1. The molecule has 3 rings (SSSR count). The van der Waals surface area contributed by atoms with Gasteiger partial charge in [0.25, 0.3) is 0 Å². The number of nitrogens with zero attached hydrogens (tertiary/aromatic N) is 1. The fourth-order valence-corrected chi connectivity index (χ4v) is 2.63. The first kappa shape index (κ1) is 15.2. The fraction of sp³-hybridized carbons (Fsp3) is 0.222. The average Bonchev–Trinajstić information content (AvgIpc) is 2.97. The number of rotatable bonds is 4. The molecule has 0 aliphatic heterocycles. The number of H-pyrrole nitrogens is 1. The lowest BCUT2D eigenvalue weighted by atomic mass is 9.83. The molecule has 1 amide bonds. The van der Waals surface area contributed by atoms with Gasteiger partial charge in [-0.25, -0.2) is 4.39 Å². The summed E-state index contributed by atoms with van der Waals surface area (Å²) in [4.78, 5) is 19.8. The number of halogens is 1. The zero-order chi connectivity index (χ0) is 16.4. The van der Waals surface area contributed by atoms with Crippen LogP contribution in [0.15, 0.2) is 48.8 Å². The van der Waals surface area contributed by atoms with Crippen LogP contribution in [0.25, 0.3) is 10.9 Å². The molecular weight excluding hydrogens is 293 g/mol. The first-order chi connectivity index (χ1) is 11.0. The van der Waals surface area contributed by atoms with E-state index in [2.05, 4.69) is 15.3 Å². The number of benzene rings is 1. The number of aromatic amines is 1. The van der Waals surface area contributed by atoms with Crippen molar-refractivity contribution in [2.45, 2.75) is 25.8 Å². The van der Waals surface area contributed by atoms with E-state index in [9.17, 15) is 9.18 Å². The number of fused-ring (bicyclic) bond motifs is 1. The van der Waals surface area contributed by atoms with Crippen LogP contribution >= 0.6 is 0 Å². The second kappa shape index (κ2) is 5.83. The van der Waals surface area contributed by atoms with Gasteiger partial charge in [0.15, 0.2) is 0 Å². The molecule has 0 radical (unpaired) electrons. The number of carbonyl (C=O) groups excluding carboxylic acids is 1. The Morgan fingerprint density at radius 3 is 2.87 bits per heavy atom. The molecule has 1 aromatic carbocycles. The summed E-state index contributed by atoms with van der Waals surface area (Å²) in [7, 11) is 0. The predicted octanol–water partition coefficient (Wildman–Crippen LogP) is 3.30. The van der Waals surface area contributed by atoms with Gasteiger partial charge in [-0.05, 0) is 49.7 Å². The molecule has 0 spiro atoms. The molecule has 5 heteroatoms. The summed E-state index contributed by atoms with van der Waals surface area (Å²) in [5.41, 5.74) is 1.58. The van der Waals surface area contributed by atoms with E-state index in [0.717, 1.165) is 16.6 Å². The number of pyridine rings is 1. The van der Waals surface area contributed by atoms with Gasteiger partial charge in [-0.1, -0.05) is 6.07 Å². The van der Waals surface area contributed by atoms with Crippen molar-refractivity contribution < 1.29 is 9.18 Å². The van der Waals surface area contributed by atoms with Crippen LogP contribution in [0.2, 0.25) is 0 Å². The van der Waals surface area contributed by atoms with Crippen LogP contribution in [0.4, 0.5) is 4.39 Å². The molecule has 3 aromatic rings. The Hall–Kier alpha value is -2.69. The lowest BCUT2D eigenvalue weighted by Gasteiger charge is -2.23. The Morgan fingerprint density at radius 1 is 1.30 bits per heavy atom. The molecule has 0 saturated heterocycles. The highest BCUT2D eigenvalue weighted by Crippen LogP contribution is 2.31. The molecule has 2 heterocycles. The van der Waals surface area contributed by atoms with Gasteiger partial charge in [0.1, 0.15) is 5.82 Å². The van der Waals surface area contributed by atoms with Crippen molar-refractivity contribution in [2.75, 3.05) is 0 Å². The first-order valence-electron chi connectivity index (χ1n) is 7.44. The minimum Gasteiger partial charge on any atom is -0.361 e. The van der Waals surface area contributed by atoms with Crippen molar-refractivity contribution in [1.82, 2.24) is 15.3 Å². The summed E-state index contributed by atoms with van der Waals surface area (Å²) in [6.07, 6.45) is 3.46. The van der Waals surface area contributed by atoms with E-state index in [-0.39, 0.29) is 11.7 Å². The monoisotopic (exact) mass is 311 g/mol. The third-order valence-electron chi connectivity index (χ3n) is 4.04. The van der Waals surface area contributed by atoms with E-state index >= 15 is 0 Å². The van der Waals surface area contributed by atoms with Crippen molar-refractivity contribution >= 4 is 16.8 Å². The summed E-state index contributed by atoms with van der Waals surface area (Å²) < 4.78 is 13.3. The maximum Gasteiger partial charge on any atom is 0.230 e. The van der Waals surface area contributed by atoms with Crippen LogP contribution in [0.3, 0.4) is 0 Å². The van der Waals surface area contributed by atoms with Crippen molar-refractivity contribution in [1.29, 1.82) is 0 Å². The minimum absolute atomic E-state index is 0.103. The molecule has 4 nitrogen and oxygen atoms in total. The maximum atomic E-state index is 13.3. The molecule has 0 atom stereocenters. The Morgan fingerprint density at radius 2 is 2.13 bits per heavy atom. The molecule has 0 fully saturated rings. The van der Waals surface area contributed by atoms with Gasteiger partial charge in [-0.2, -0.15) is 0 Å². The molecule has 0 unspecified atom stereocenters. The van der Waals surface area contributed by atoms with Crippen LogP contribution in [-0.2, 0) is 16.8 Å². The van der Waals surface area contributed by atoms with Crippen molar-refractivity contribution in [3.63, 3.8) is 0 Å². The van der Waals surface area contributed by atoms with Crippen LogP contribution in [0.5, 0.6) is 0 Å². The average molecular weight is 311 g/mol. The maximum absolute atomic E-state index is 13.3. The highest BCUT2D eigenvalue weighted by atomic mass is 19.1. The fourth-order valence-electron chi connectivity index (χ4n) is 2.63. The summed E-state index contributed by atoms with van der Waals surface area (Å²) in [6, 6.07) is 10.1. The topological polar surface area (TPSA) is 57.8 Å². The lowest BCUT2D eigenvalue weighted by molar-refractivity contribution is -0.125. The van der Waals surface area contributed by atoms with Gasteiger partial charge >= 0.3 is 0 Å². The molecule has 0 saturated carbocycles. The van der Waals surface area contributed by atoms with E-state index in [1.807, 2.05) is 32.0 Å². The lowest BCUT2D eigenvalue weighted by Crippen LogP contribution is -2.39. The van der Waals surface area contributed by atoms with Crippen LogP contribution in [0.1, 0.15) is 25.1 Å². The number of carbonyl (C=O) groups is 1. The Labute approximate surface area is 133 Å². The van der Waals surface area contributed by atoms with Gasteiger partial charge < -0.3 is 10.3 Å². The Kier molecular flexibility index (Phi) is 3.86. The van der Waals surface area contributed by atoms with Crippen molar-refractivity contribution in [3.8, 4) is 0 Å². The van der Waals surface area contributed by atoms with E-state index in [4.69, 9.17) is 0 Å². The quantitative estimate of drug-likeness (QED) is 0.777. The van der Waals surface area contributed by atoms with E-state index in [0.29, 0.717) is 12.1 Å². The van der Waals surface area contributed by atoms with Crippen LogP contribution < -0.4 is 5.32 Å². The van der Waals surface area contributed by atoms with E-state index in [1.54, 1.807) is 18.5 Å². The third-order valence-corrected chi connectivity index (χ3v) is 4.04.